The molecule has 9 heteroatoms. The largest absolute Gasteiger partial charge is 0.387 e. The van der Waals surface area contributed by atoms with E-state index in [1.54, 1.807) is 0 Å². The zero-order valence-electron chi connectivity index (χ0n) is 12.0. The molecule has 8 nitrogen and oxygen atoms in total. The van der Waals surface area contributed by atoms with Gasteiger partial charge in [0.1, 0.15) is 12.7 Å². The summed E-state index contributed by atoms with van der Waals surface area (Å²) in [5.74, 6) is 0.745. The van der Waals surface area contributed by atoms with Gasteiger partial charge in [0.25, 0.3) is 0 Å². The van der Waals surface area contributed by atoms with Gasteiger partial charge in [0.2, 0.25) is 5.95 Å². The standard InChI is InChI=1S/C13H16FN6O2/c1-13(14)7(21)5-22-11(13)20-6-16-8-9(19-3-2-4-19)17-12(15)18-10(8)20/h5-7,11,21H,2-4H2,1H3,(H2,15,17,18). The smallest absolute Gasteiger partial charge is 0.224 e. The lowest BCUT2D eigenvalue weighted by Crippen LogP contribution is -2.38. The van der Waals surface area contributed by atoms with Crippen LogP contribution in [0, 0.1) is 6.61 Å². The number of ether oxygens (including phenoxy) is 1. The molecule has 4 heterocycles. The van der Waals surface area contributed by atoms with E-state index < -0.39 is 18.0 Å². The third-order valence-corrected chi connectivity index (χ3v) is 4.23. The molecule has 0 spiro atoms. The summed E-state index contributed by atoms with van der Waals surface area (Å²) in [5, 5.41) is 9.69. The average molecular weight is 307 g/mol. The lowest BCUT2D eigenvalue weighted by atomic mass is 10.0. The van der Waals surface area contributed by atoms with Crippen LogP contribution in [-0.4, -0.2) is 49.5 Å². The Morgan fingerprint density at radius 2 is 2.23 bits per heavy atom. The van der Waals surface area contributed by atoms with Gasteiger partial charge in [-0.1, -0.05) is 0 Å². The summed E-state index contributed by atoms with van der Waals surface area (Å²) >= 11 is 0. The Hall–Kier alpha value is -2.00. The Bertz CT molecular complexity index is 729. The molecule has 2 saturated heterocycles. The number of hydrogen-bond acceptors (Lipinski definition) is 7. The lowest BCUT2D eigenvalue weighted by molar-refractivity contribution is -0.0312. The van der Waals surface area contributed by atoms with E-state index in [2.05, 4.69) is 15.0 Å². The van der Waals surface area contributed by atoms with Gasteiger partial charge in [0.05, 0.1) is 6.33 Å². The molecule has 4 rings (SSSR count). The van der Waals surface area contributed by atoms with Crippen molar-refractivity contribution in [1.82, 2.24) is 19.5 Å². The number of nitrogens with two attached hydrogens (primary N) is 1. The summed E-state index contributed by atoms with van der Waals surface area (Å²) < 4.78 is 21.4. The van der Waals surface area contributed by atoms with Crippen LogP contribution in [0.4, 0.5) is 16.2 Å². The average Bonchev–Trinajstić information content (AvgIpc) is 2.90. The number of rotatable bonds is 2. The van der Waals surface area contributed by atoms with E-state index in [4.69, 9.17) is 10.5 Å². The maximum Gasteiger partial charge on any atom is 0.224 e. The quantitative estimate of drug-likeness (QED) is 0.827. The van der Waals surface area contributed by atoms with E-state index in [0.717, 1.165) is 26.1 Å². The van der Waals surface area contributed by atoms with Crippen molar-refractivity contribution in [2.75, 3.05) is 23.7 Å². The molecule has 3 unspecified atom stereocenters. The predicted octanol–water partition coefficient (Wildman–Crippen LogP) is 0.398. The number of aromatic nitrogens is 4. The molecule has 2 fully saturated rings. The molecule has 1 radical (unpaired) electrons. The number of halogens is 1. The van der Waals surface area contributed by atoms with Crippen LogP contribution in [0.2, 0.25) is 0 Å². The zero-order valence-corrected chi connectivity index (χ0v) is 12.0. The topological polar surface area (TPSA) is 102 Å². The Morgan fingerprint density at radius 1 is 1.45 bits per heavy atom. The summed E-state index contributed by atoms with van der Waals surface area (Å²) in [6.07, 6.45) is 0.160. The van der Waals surface area contributed by atoms with Gasteiger partial charge in [-0.3, -0.25) is 4.57 Å². The molecule has 2 aromatic rings. The van der Waals surface area contributed by atoms with Gasteiger partial charge in [-0.15, -0.1) is 0 Å². The molecule has 2 aliphatic rings. The van der Waals surface area contributed by atoms with Gasteiger partial charge in [0.15, 0.2) is 28.9 Å². The van der Waals surface area contributed by atoms with Crippen molar-refractivity contribution in [2.24, 2.45) is 0 Å². The molecule has 0 bridgehead atoms. The van der Waals surface area contributed by atoms with E-state index in [1.807, 2.05) is 4.90 Å². The van der Waals surface area contributed by atoms with Crippen molar-refractivity contribution in [3.8, 4) is 0 Å². The van der Waals surface area contributed by atoms with Crippen LogP contribution < -0.4 is 10.6 Å². The number of nitrogen functional groups attached to an aromatic ring is 1. The molecule has 2 aromatic heterocycles. The van der Waals surface area contributed by atoms with Crippen molar-refractivity contribution in [3.05, 3.63) is 12.9 Å². The Morgan fingerprint density at radius 3 is 2.82 bits per heavy atom. The number of alkyl halides is 1. The van der Waals surface area contributed by atoms with Crippen LogP contribution in [0.3, 0.4) is 0 Å². The molecule has 0 saturated carbocycles. The van der Waals surface area contributed by atoms with E-state index in [9.17, 15) is 9.50 Å². The second kappa shape index (κ2) is 4.50. The summed E-state index contributed by atoms with van der Waals surface area (Å²) in [6, 6.07) is 0. The van der Waals surface area contributed by atoms with Crippen molar-refractivity contribution in [1.29, 1.82) is 0 Å². The highest BCUT2D eigenvalue weighted by Gasteiger charge is 2.50. The first-order valence-corrected chi connectivity index (χ1v) is 7.09. The molecule has 0 aliphatic carbocycles. The van der Waals surface area contributed by atoms with Crippen molar-refractivity contribution in [3.63, 3.8) is 0 Å². The third-order valence-electron chi connectivity index (χ3n) is 4.23. The number of nitrogens with zero attached hydrogens (tertiary/aromatic N) is 5. The Kier molecular flexibility index (Phi) is 2.79. The fourth-order valence-corrected chi connectivity index (χ4v) is 2.74. The highest BCUT2D eigenvalue weighted by Crippen LogP contribution is 2.41. The normalized spacial score (nSPS) is 31.7. The van der Waals surface area contributed by atoms with Gasteiger partial charge in [-0.25, -0.2) is 9.37 Å². The maximum atomic E-state index is 14.7. The first-order valence-electron chi connectivity index (χ1n) is 7.09. The van der Waals surface area contributed by atoms with Crippen LogP contribution in [0.15, 0.2) is 6.33 Å². The first-order chi connectivity index (χ1) is 10.5. The minimum absolute atomic E-state index is 0.0965. The van der Waals surface area contributed by atoms with Gasteiger partial charge in [-0.2, -0.15) is 9.97 Å². The molecule has 0 amide bonds. The second-order valence-electron chi connectivity index (χ2n) is 5.79. The minimum atomic E-state index is -1.98. The van der Waals surface area contributed by atoms with Crippen LogP contribution in [-0.2, 0) is 4.74 Å². The fourth-order valence-electron chi connectivity index (χ4n) is 2.74. The van der Waals surface area contributed by atoms with E-state index in [1.165, 1.54) is 17.8 Å². The van der Waals surface area contributed by atoms with E-state index >= 15 is 0 Å². The van der Waals surface area contributed by atoms with Crippen molar-refractivity contribution < 1.29 is 14.2 Å². The monoisotopic (exact) mass is 307 g/mol. The van der Waals surface area contributed by atoms with Crippen LogP contribution >= 0.6 is 0 Å². The van der Waals surface area contributed by atoms with E-state index in [0.29, 0.717) is 17.0 Å². The summed E-state index contributed by atoms with van der Waals surface area (Å²) in [4.78, 5) is 14.8. The molecule has 2 aliphatic heterocycles. The highest BCUT2D eigenvalue weighted by atomic mass is 19.1. The number of fused-ring (bicyclic) bond motifs is 1. The fraction of sp³-hybridized carbons (Fsp3) is 0.538. The van der Waals surface area contributed by atoms with Gasteiger partial charge in [0, 0.05) is 13.1 Å². The summed E-state index contributed by atoms with van der Waals surface area (Å²) in [5.41, 5.74) is 4.74. The Balaban J connectivity index is 1.85. The van der Waals surface area contributed by atoms with Crippen LogP contribution in [0.25, 0.3) is 11.2 Å². The van der Waals surface area contributed by atoms with Gasteiger partial charge in [-0.05, 0) is 13.3 Å². The highest BCUT2D eigenvalue weighted by molar-refractivity contribution is 5.85. The van der Waals surface area contributed by atoms with Gasteiger partial charge >= 0.3 is 0 Å². The maximum absolute atomic E-state index is 14.7. The van der Waals surface area contributed by atoms with E-state index in [-0.39, 0.29) is 5.95 Å². The minimum Gasteiger partial charge on any atom is -0.387 e. The molecule has 3 atom stereocenters. The molecule has 0 aromatic carbocycles. The number of aliphatic hydroxyl groups excluding tert-OH is 1. The number of hydrogen-bond donors (Lipinski definition) is 2. The Labute approximate surface area is 125 Å². The molecular formula is C13H16FN6O2. The third kappa shape index (κ3) is 1.78. The summed E-state index contributed by atoms with van der Waals surface area (Å²) in [7, 11) is 0. The summed E-state index contributed by atoms with van der Waals surface area (Å²) in [6.45, 7) is 4.12. The molecule has 22 heavy (non-hydrogen) atoms. The number of anilines is 2. The molecule has 117 valence electrons. The van der Waals surface area contributed by atoms with Crippen molar-refractivity contribution >= 4 is 22.9 Å². The van der Waals surface area contributed by atoms with Crippen LogP contribution in [0.1, 0.15) is 19.6 Å². The first kappa shape index (κ1) is 13.6. The second-order valence-corrected chi connectivity index (χ2v) is 5.79. The molecular weight excluding hydrogens is 291 g/mol. The van der Waals surface area contributed by atoms with Crippen LogP contribution in [0.5, 0.6) is 0 Å². The predicted molar refractivity (Wildman–Crippen MR) is 76.5 cm³/mol. The van der Waals surface area contributed by atoms with Crippen molar-refractivity contribution in [2.45, 2.75) is 31.3 Å². The number of aliphatic hydroxyl groups is 1. The SMILES string of the molecule is CC1(F)C(O)[CH]OC1n1cnc2c(N3CCC3)nc(N)nc21. The lowest BCUT2D eigenvalue weighted by Gasteiger charge is -2.32. The molecule has 3 N–H and O–H groups in total. The zero-order chi connectivity index (χ0) is 15.5. The van der Waals surface area contributed by atoms with Gasteiger partial charge < -0.3 is 20.5 Å². The number of imidazole rings is 1.